The number of hydrogen-bond acceptors (Lipinski definition) is 5. The fourth-order valence-electron chi connectivity index (χ4n) is 1.87. The number of furan rings is 1. The third-order valence-corrected chi connectivity index (χ3v) is 4.54. The molecule has 0 saturated carbocycles. The number of carbonyl (C=O) groups excluding carboxylic acids is 1. The third-order valence-electron chi connectivity index (χ3n) is 3.26. The minimum Gasteiger partial charge on any atom is -0.438 e. The van der Waals surface area contributed by atoms with E-state index in [9.17, 15) is 18.3 Å². The smallest absolute Gasteiger partial charge is 0.287 e. The summed E-state index contributed by atoms with van der Waals surface area (Å²) in [6.45, 7) is 1.92. The van der Waals surface area contributed by atoms with Crippen molar-refractivity contribution >= 4 is 15.9 Å². The third kappa shape index (κ3) is 4.19. The molecular formula is C15H18N2O5S. The fraction of sp³-hybridized carbons (Fsp3) is 0.267. The Morgan fingerprint density at radius 2 is 1.87 bits per heavy atom. The molecule has 0 radical (unpaired) electrons. The molecule has 0 aliphatic heterocycles. The van der Waals surface area contributed by atoms with E-state index in [1.165, 1.54) is 19.2 Å². The first-order valence-electron chi connectivity index (χ1n) is 6.89. The van der Waals surface area contributed by atoms with E-state index >= 15 is 0 Å². The van der Waals surface area contributed by atoms with Crippen LogP contribution in [0.25, 0.3) is 0 Å². The van der Waals surface area contributed by atoms with Crippen LogP contribution in [0, 0.1) is 6.92 Å². The number of hydrogen-bond donors (Lipinski definition) is 3. The van der Waals surface area contributed by atoms with E-state index in [0.717, 1.165) is 5.56 Å². The molecule has 1 heterocycles. The lowest BCUT2D eigenvalue weighted by molar-refractivity contribution is 0.0884. The average Bonchev–Trinajstić information content (AvgIpc) is 3.04. The van der Waals surface area contributed by atoms with E-state index in [-0.39, 0.29) is 17.4 Å². The van der Waals surface area contributed by atoms with Gasteiger partial charge in [0.25, 0.3) is 15.9 Å². The number of benzene rings is 1. The molecule has 3 N–H and O–H groups in total. The minimum atomic E-state index is -3.74. The zero-order chi connectivity index (χ0) is 17.0. The van der Waals surface area contributed by atoms with Crippen LogP contribution < -0.4 is 10.0 Å². The van der Waals surface area contributed by atoms with Crippen molar-refractivity contribution in [3.05, 3.63) is 53.3 Å². The molecule has 23 heavy (non-hydrogen) atoms. The molecule has 2 rings (SSSR count). The van der Waals surface area contributed by atoms with Crippen molar-refractivity contribution in [2.45, 2.75) is 18.1 Å². The first-order valence-corrected chi connectivity index (χ1v) is 8.38. The first kappa shape index (κ1) is 17.2. The molecule has 1 amide bonds. The molecule has 8 heteroatoms. The lowest BCUT2D eigenvalue weighted by Crippen LogP contribution is -2.28. The summed E-state index contributed by atoms with van der Waals surface area (Å²) >= 11 is 0. The molecule has 2 aromatic rings. The summed E-state index contributed by atoms with van der Waals surface area (Å²) < 4.78 is 30.2. The maximum Gasteiger partial charge on any atom is 0.287 e. The topological polar surface area (TPSA) is 109 Å². The first-order chi connectivity index (χ1) is 10.8. The van der Waals surface area contributed by atoms with E-state index in [4.69, 9.17) is 4.42 Å². The number of aliphatic hydroxyl groups is 1. The Morgan fingerprint density at radius 3 is 2.48 bits per heavy atom. The fourth-order valence-corrected chi connectivity index (χ4v) is 2.52. The van der Waals surface area contributed by atoms with E-state index in [1.807, 2.05) is 19.1 Å². The lowest BCUT2D eigenvalue weighted by atomic mass is 10.1. The summed E-state index contributed by atoms with van der Waals surface area (Å²) in [5.41, 5.74) is 1.74. The SMILES string of the molecule is CNS(=O)(=O)c1ccc(C(=O)NC[C@@H](O)c2ccc(C)cc2)o1. The van der Waals surface area contributed by atoms with Crippen LogP contribution in [0.5, 0.6) is 0 Å². The molecular weight excluding hydrogens is 320 g/mol. The molecule has 0 unspecified atom stereocenters. The zero-order valence-electron chi connectivity index (χ0n) is 12.7. The second-order valence-corrected chi connectivity index (χ2v) is 6.78. The molecule has 0 aliphatic rings. The van der Waals surface area contributed by atoms with Crippen LogP contribution in [0.15, 0.2) is 45.9 Å². The number of rotatable bonds is 6. The van der Waals surface area contributed by atoms with Gasteiger partial charge in [-0.3, -0.25) is 4.79 Å². The molecule has 0 aliphatic carbocycles. The van der Waals surface area contributed by atoms with E-state index in [1.54, 1.807) is 12.1 Å². The Labute approximate surface area is 134 Å². The van der Waals surface area contributed by atoms with Gasteiger partial charge in [-0.1, -0.05) is 29.8 Å². The zero-order valence-corrected chi connectivity index (χ0v) is 13.6. The summed E-state index contributed by atoms with van der Waals surface area (Å²) in [6.07, 6.45) is -0.866. The Morgan fingerprint density at radius 1 is 1.22 bits per heavy atom. The highest BCUT2D eigenvalue weighted by Gasteiger charge is 2.20. The summed E-state index contributed by atoms with van der Waals surface area (Å²) in [5, 5.41) is 12.2. The van der Waals surface area contributed by atoms with Crippen molar-refractivity contribution in [1.29, 1.82) is 0 Å². The highest BCUT2D eigenvalue weighted by molar-refractivity contribution is 7.89. The highest BCUT2D eigenvalue weighted by Crippen LogP contribution is 2.15. The summed E-state index contributed by atoms with van der Waals surface area (Å²) in [4.78, 5) is 11.9. The number of aryl methyl sites for hydroxylation is 1. The summed E-state index contributed by atoms with van der Waals surface area (Å²) in [5.74, 6) is -0.747. The molecule has 1 aromatic carbocycles. The lowest BCUT2D eigenvalue weighted by Gasteiger charge is -2.11. The summed E-state index contributed by atoms with van der Waals surface area (Å²) in [6, 6.07) is 9.73. The number of carbonyl (C=O) groups is 1. The van der Waals surface area contributed by atoms with Crippen LogP contribution in [0.4, 0.5) is 0 Å². The number of nitrogens with one attached hydrogen (secondary N) is 2. The van der Waals surface area contributed by atoms with Crippen molar-refractivity contribution in [3.63, 3.8) is 0 Å². The molecule has 0 bridgehead atoms. The largest absolute Gasteiger partial charge is 0.438 e. The van der Waals surface area contributed by atoms with E-state index in [0.29, 0.717) is 5.56 Å². The quantitative estimate of drug-likeness (QED) is 0.727. The van der Waals surface area contributed by atoms with Crippen molar-refractivity contribution in [2.75, 3.05) is 13.6 Å². The number of sulfonamides is 1. The van der Waals surface area contributed by atoms with Gasteiger partial charge in [0.1, 0.15) is 0 Å². The second-order valence-electron chi connectivity index (χ2n) is 4.96. The van der Waals surface area contributed by atoms with Gasteiger partial charge in [-0.25, -0.2) is 13.1 Å². The Balaban J connectivity index is 1.98. The van der Waals surface area contributed by atoms with E-state index < -0.39 is 22.0 Å². The molecule has 1 atom stereocenters. The molecule has 0 spiro atoms. The van der Waals surface area contributed by atoms with Gasteiger partial charge in [0.2, 0.25) is 5.09 Å². The maximum absolute atomic E-state index is 11.9. The number of aliphatic hydroxyl groups excluding tert-OH is 1. The van der Waals surface area contributed by atoms with Crippen LogP contribution >= 0.6 is 0 Å². The maximum atomic E-state index is 11.9. The Hall–Kier alpha value is -2.16. The van der Waals surface area contributed by atoms with Crippen LogP contribution in [0.1, 0.15) is 27.8 Å². The molecule has 7 nitrogen and oxygen atoms in total. The normalized spacial score (nSPS) is 12.8. The number of amides is 1. The van der Waals surface area contributed by atoms with Crippen molar-refractivity contribution in [3.8, 4) is 0 Å². The van der Waals surface area contributed by atoms with Crippen LogP contribution in [-0.4, -0.2) is 33.0 Å². The van der Waals surface area contributed by atoms with E-state index in [2.05, 4.69) is 10.0 Å². The Bertz CT molecular complexity index is 780. The standard InChI is InChI=1S/C15H18N2O5S/c1-10-3-5-11(6-4-10)12(18)9-17-15(19)13-7-8-14(22-13)23(20,21)16-2/h3-8,12,16,18H,9H2,1-2H3,(H,17,19)/t12-/m1/s1. The van der Waals surface area contributed by atoms with Gasteiger partial charge in [-0.2, -0.15) is 0 Å². The van der Waals surface area contributed by atoms with Gasteiger partial charge in [0.15, 0.2) is 5.76 Å². The van der Waals surface area contributed by atoms with Gasteiger partial charge in [-0.05, 0) is 31.7 Å². The molecule has 1 aromatic heterocycles. The Kier molecular flexibility index (Phi) is 5.19. The van der Waals surface area contributed by atoms with Gasteiger partial charge in [0.05, 0.1) is 6.10 Å². The van der Waals surface area contributed by atoms with Crippen LogP contribution in [0.2, 0.25) is 0 Å². The van der Waals surface area contributed by atoms with Crippen LogP contribution in [-0.2, 0) is 10.0 Å². The predicted molar refractivity (Wildman–Crippen MR) is 83.4 cm³/mol. The molecule has 124 valence electrons. The van der Waals surface area contributed by atoms with Gasteiger partial charge in [-0.15, -0.1) is 0 Å². The second kappa shape index (κ2) is 6.95. The van der Waals surface area contributed by atoms with Gasteiger partial charge >= 0.3 is 0 Å². The monoisotopic (exact) mass is 338 g/mol. The molecule has 0 fully saturated rings. The predicted octanol–water partition coefficient (Wildman–Crippen LogP) is 0.960. The minimum absolute atomic E-state index is 0.0172. The van der Waals surface area contributed by atoms with Crippen molar-refractivity contribution in [1.82, 2.24) is 10.0 Å². The average molecular weight is 338 g/mol. The van der Waals surface area contributed by atoms with Gasteiger partial charge < -0.3 is 14.8 Å². The van der Waals surface area contributed by atoms with Crippen LogP contribution in [0.3, 0.4) is 0 Å². The molecule has 0 saturated heterocycles. The summed E-state index contributed by atoms with van der Waals surface area (Å²) in [7, 11) is -2.49. The van der Waals surface area contributed by atoms with Gasteiger partial charge in [0, 0.05) is 6.54 Å². The highest BCUT2D eigenvalue weighted by atomic mass is 32.2. The van der Waals surface area contributed by atoms with Crippen molar-refractivity contribution < 1.29 is 22.7 Å². The van der Waals surface area contributed by atoms with Crippen molar-refractivity contribution in [2.24, 2.45) is 0 Å².